The summed E-state index contributed by atoms with van der Waals surface area (Å²) in [6, 6.07) is 10.8. The first kappa shape index (κ1) is 54.6. The van der Waals surface area contributed by atoms with Gasteiger partial charge in [-0.15, -0.1) is 0 Å². The van der Waals surface area contributed by atoms with E-state index in [0.717, 1.165) is 16.0 Å². The topological polar surface area (TPSA) is 234 Å². The molecule has 20 heteroatoms. The number of hydrogen-bond acceptors (Lipinski definition) is 15. The van der Waals surface area contributed by atoms with Crippen LogP contribution in [-0.2, 0) is 36.9 Å². The van der Waals surface area contributed by atoms with Crippen LogP contribution in [0.3, 0.4) is 0 Å². The molecule has 4 heterocycles. The van der Waals surface area contributed by atoms with Crippen molar-refractivity contribution in [2.45, 2.75) is 104 Å². The van der Waals surface area contributed by atoms with Crippen LogP contribution in [0.4, 0.5) is 16.2 Å². The second-order valence-corrected chi connectivity index (χ2v) is 19.6. The zero-order valence-electron chi connectivity index (χ0n) is 42.8. The largest absolute Gasteiger partial charge is 0.493 e. The van der Waals surface area contributed by atoms with Crippen molar-refractivity contribution in [2.75, 3.05) is 49.7 Å². The van der Waals surface area contributed by atoms with E-state index in [9.17, 15) is 44.0 Å². The Morgan fingerprint density at radius 2 is 1.41 bits per heavy atom. The summed E-state index contributed by atoms with van der Waals surface area (Å²) >= 11 is 0. The molecule has 0 aromatic heterocycles. The van der Waals surface area contributed by atoms with Crippen LogP contribution < -0.4 is 29.2 Å². The maximum Gasteiger partial charge on any atom is 0.416 e. The predicted molar refractivity (Wildman–Crippen MR) is 275 cm³/mol. The summed E-state index contributed by atoms with van der Waals surface area (Å²) in [5.74, 6) is -1.94. The van der Waals surface area contributed by atoms with E-state index in [2.05, 4.69) is 25.1 Å². The Morgan fingerprint density at radius 1 is 0.824 bits per heavy atom. The number of esters is 1. The summed E-state index contributed by atoms with van der Waals surface area (Å²) in [5, 5.41) is 36.8. The molecule has 0 aliphatic carbocycles. The molecule has 4 amide bonds. The summed E-state index contributed by atoms with van der Waals surface area (Å²) in [6.45, 7) is 20.6. The van der Waals surface area contributed by atoms with Crippen LogP contribution in [-0.4, -0.2) is 138 Å². The van der Waals surface area contributed by atoms with Gasteiger partial charge in [0.1, 0.15) is 25.2 Å². The monoisotopic (exact) mass is 1020 g/mol. The number of anilines is 2. The van der Waals surface area contributed by atoms with E-state index in [1.54, 1.807) is 55.1 Å². The summed E-state index contributed by atoms with van der Waals surface area (Å²) in [5.41, 5.74) is 4.09. The molecular formula is C54H66BN5O14. The number of nitrogens with one attached hydrogen (secondary N) is 1. The normalized spacial score (nSPS) is 19.9. The van der Waals surface area contributed by atoms with Crippen molar-refractivity contribution in [2.24, 2.45) is 11.8 Å². The number of methoxy groups -OCH3 is 1. The molecule has 7 rings (SSSR count). The number of ether oxygens (including phenoxy) is 5. The number of benzene rings is 3. The lowest BCUT2D eigenvalue weighted by Crippen LogP contribution is -2.53. The molecule has 0 unspecified atom stereocenters. The van der Waals surface area contributed by atoms with Crippen LogP contribution >= 0.6 is 0 Å². The van der Waals surface area contributed by atoms with Gasteiger partial charge in [0.05, 0.1) is 67.6 Å². The number of hydrogen-bond donors (Lipinski definition) is 4. The quantitative estimate of drug-likeness (QED) is 0.0498. The Bertz CT molecular complexity index is 2690. The molecular weight excluding hydrogens is 953 g/mol. The highest BCUT2D eigenvalue weighted by Gasteiger charge is 2.47. The maximum absolute atomic E-state index is 14.2. The number of ketones is 1. The molecule has 19 nitrogen and oxygen atoms in total. The molecule has 4 aliphatic rings. The minimum Gasteiger partial charge on any atom is -0.493 e. The van der Waals surface area contributed by atoms with Crippen LogP contribution in [0, 0.1) is 18.8 Å². The van der Waals surface area contributed by atoms with Crippen molar-refractivity contribution in [1.29, 1.82) is 0 Å². The number of nitrogens with zero attached hydrogens (tertiary/aromatic N) is 4. The number of rotatable bonds is 20. The zero-order chi connectivity index (χ0) is 53.7. The lowest BCUT2D eigenvalue weighted by atomic mass is 9.82. The Hall–Kier alpha value is -7.16. The first-order valence-corrected chi connectivity index (χ1v) is 24.8. The first-order chi connectivity index (χ1) is 35.2. The Morgan fingerprint density at radius 3 is 2.00 bits per heavy atom. The number of aliphatic hydroxyl groups excluding tert-OH is 2. The minimum atomic E-state index is -1.51. The predicted octanol–water partition coefficient (Wildman–Crippen LogP) is 5.12. The van der Waals surface area contributed by atoms with Crippen LogP contribution in [0.1, 0.15) is 83.9 Å². The summed E-state index contributed by atoms with van der Waals surface area (Å²) in [7, 11) is 0.288. The highest BCUT2D eigenvalue weighted by Crippen LogP contribution is 2.43. The van der Waals surface area contributed by atoms with Gasteiger partial charge >= 0.3 is 19.1 Å². The second-order valence-electron chi connectivity index (χ2n) is 19.6. The van der Waals surface area contributed by atoms with Crippen molar-refractivity contribution in [3.8, 4) is 17.2 Å². The number of aryl methyl sites for hydroxylation is 1. The molecule has 4 aliphatic heterocycles. The molecule has 3 aromatic rings. The molecule has 3 aromatic carbocycles. The molecule has 74 heavy (non-hydrogen) atoms. The average molecular weight is 1020 g/mol. The fourth-order valence-electron chi connectivity index (χ4n) is 9.79. The van der Waals surface area contributed by atoms with Gasteiger partial charge in [-0.2, -0.15) is 0 Å². The van der Waals surface area contributed by atoms with E-state index in [1.165, 1.54) is 41.9 Å². The lowest BCUT2D eigenvalue weighted by Gasteiger charge is -2.34. The van der Waals surface area contributed by atoms with Crippen LogP contribution in [0.5, 0.6) is 17.2 Å². The van der Waals surface area contributed by atoms with Crippen LogP contribution in [0.25, 0.3) is 0 Å². The van der Waals surface area contributed by atoms with Gasteiger partial charge in [-0.25, -0.2) is 9.69 Å². The number of fused-ring (bicyclic) bond motifs is 4. The fourth-order valence-corrected chi connectivity index (χ4v) is 9.79. The van der Waals surface area contributed by atoms with Crippen molar-refractivity contribution >= 4 is 54.0 Å². The van der Waals surface area contributed by atoms with Gasteiger partial charge < -0.3 is 58.8 Å². The van der Waals surface area contributed by atoms with E-state index in [4.69, 9.17) is 23.7 Å². The Kier molecular flexibility index (Phi) is 17.2. The number of Topliss-reactive ketones (excluding diaryl/α,β-unsaturated/α-hetero) is 1. The molecule has 2 saturated heterocycles. The van der Waals surface area contributed by atoms with E-state index in [-0.39, 0.29) is 110 Å². The van der Waals surface area contributed by atoms with Gasteiger partial charge in [-0.05, 0) is 68.3 Å². The van der Waals surface area contributed by atoms with Crippen LogP contribution in [0.15, 0.2) is 85.5 Å². The van der Waals surface area contributed by atoms with E-state index in [0.29, 0.717) is 35.3 Å². The Balaban J connectivity index is 1.00. The van der Waals surface area contributed by atoms with Gasteiger partial charge in [0.25, 0.3) is 11.8 Å². The molecule has 0 radical (unpaired) electrons. The average Bonchev–Trinajstić information content (AvgIpc) is 3.93. The fraction of sp³-hybridized carbons (Fsp3) is 0.444. The van der Waals surface area contributed by atoms with Gasteiger partial charge in [0.2, 0.25) is 5.91 Å². The smallest absolute Gasteiger partial charge is 0.416 e. The number of carbonyl (C=O) groups is 6. The number of aliphatic hydroxyl groups is 2. The minimum absolute atomic E-state index is 0.00109. The Labute approximate surface area is 431 Å². The molecule has 394 valence electrons. The summed E-state index contributed by atoms with van der Waals surface area (Å²) < 4.78 is 28.8. The second kappa shape index (κ2) is 23.4. The van der Waals surface area contributed by atoms with Gasteiger partial charge in [0, 0.05) is 43.8 Å². The third kappa shape index (κ3) is 11.8. The van der Waals surface area contributed by atoms with Gasteiger partial charge in [0.15, 0.2) is 23.5 Å². The molecule has 0 bridgehead atoms. The SMILES string of the molecule is C=CCOC(=O)C[C@H](C(=O)N[C@@H](C)C(=O)Cc1ccc(COC(=O)N2c3cc(OCCCOc4cc5c(cc4OC)C(=O)N4CC(=C)C[C@H]4[C@H](O)N5B(C)O)c(C)cc3C(=O)N3CC(=C)C[C@H]3[C@@H]2O)cc1)C(C)C. The van der Waals surface area contributed by atoms with Crippen LogP contribution in [0.2, 0.25) is 6.82 Å². The molecule has 0 saturated carbocycles. The molecule has 6 atom stereocenters. The molecule has 2 fully saturated rings. The van der Waals surface area contributed by atoms with E-state index in [1.807, 2.05) is 13.8 Å². The zero-order valence-corrected chi connectivity index (χ0v) is 42.8. The first-order valence-electron chi connectivity index (χ1n) is 24.8. The van der Waals surface area contributed by atoms with E-state index < -0.39 is 67.4 Å². The number of carbonyl (C=O) groups excluding carboxylic acids is 6. The molecule has 0 spiro atoms. The van der Waals surface area contributed by atoms with Gasteiger partial charge in [-0.1, -0.05) is 75.1 Å². The summed E-state index contributed by atoms with van der Waals surface area (Å²) in [6.07, 6.45) is -1.36. The maximum atomic E-state index is 14.2. The standard InChI is InChI=1S/C54H66BN5O14/c1-10-16-73-48(62)24-37(30(2)3)49(63)56-34(7)44(61)22-35-12-14-36(15-13-35)29-74-54(68)59-40-25-45(33(6)21-38(40)50(64)57-27-31(4)19-42(57)52(59)66)71-17-11-18-72-47-26-41-39(23-46(47)70-9)51(65)58-28-32(5)20-43(58)53(67)60(41)55(8)69/h10,12-15,21,23,25-26,30,34,37,42-43,52-53,66-67,69H,1,4-5,11,16-20,22,24,27-29H2,2-3,6-9H3,(H,56,63)/t34-,37-,42-,43-,52-,53-/m0/s1. The highest BCUT2D eigenvalue weighted by molar-refractivity contribution is 6.54. The third-order valence-corrected chi connectivity index (χ3v) is 13.8. The van der Waals surface area contributed by atoms with Crippen molar-refractivity contribution < 1.29 is 67.7 Å². The summed E-state index contributed by atoms with van der Waals surface area (Å²) in [4.78, 5) is 86.0. The third-order valence-electron chi connectivity index (χ3n) is 13.8. The molecule has 4 N–H and O–H groups in total. The lowest BCUT2D eigenvalue weighted by molar-refractivity contribution is -0.146. The van der Waals surface area contributed by atoms with Crippen molar-refractivity contribution in [1.82, 2.24) is 15.1 Å². The highest BCUT2D eigenvalue weighted by atomic mass is 16.6. The van der Waals surface area contributed by atoms with Crippen molar-refractivity contribution in [3.63, 3.8) is 0 Å². The van der Waals surface area contributed by atoms with Crippen molar-refractivity contribution in [3.05, 3.63) is 113 Å². The van der Waals surface area contributed by atoms with Gasteiger partial charge in [-0.3, -0.25) is 24.0 Å². The number of amides is 4. The van der Waals surface area contributed by atoms with E-state index >= 15 is 0 Å².